The van der Waals surface area contributed by atoms with E-state index in [-0.39, 0.29) is 22.8 Å². The maximum atomic E-state index is 14.0. The lowest BCUT2D eigenvalue weighted by atomic mass is 9.73. The van der Waals surface area contributed by atoms with Gasteiger partial charge in [0.05, 0.1) is 29.1 Å². The highest BCUT2D eigenvalue weighted by atomic mass is 19.1. The van der Waals surface area contributed by atoms with Crippen LogP contribution in [0.1, 0.15) is 43.5 Å². The molecular weight excluding hydrogens is 441 g/mol. The normalized spacial score (nSPS) is 16.4. The van der Waals surface area contributed by atoms with Crippen molar-refractivity contribution < 1.29 is 14.1 Å². The third-order valence-electron chi connectivity index (χ3n) is 6.59. The number of nitro benzene ring substituents is 1. The molecule has 10 nitrogen and oxygen atoms in total. The Kier molecular flexibility index (Phi) is 5.46. The number of hydrogen-bond donors (Lipinski definition) is 1. The van der Waals surface area contributed by atoms with Crippen molar-refractivity contribution in [1.82, 2.24) is 19.9 Å². The summed E-state index contributed by atoms with van der Waals surface area (Å²) < 4.78 is 19.2. The van der Waals surface area contributed by atoms with E-state index in [4.69, 9.17) is 9.72 Å². The van der Waals surface area contributed by atoms with Crippen LogP contribution in [-0.4, -0.2) is 38.5 Å². The molecule has 1 aromatic carbocycles. The number of aromatic nitrogens is 4. The Morgan fingerprint density at radius 1 is 1.18 bits per heavy atom. The molecule has 0 saturated heterocycles. The maximum absolute atomic E-state index is 14.0. The number of benzene rings is 1. The largest absolute Gasteiger partial charge is 0.494 e. The second-order valence-electron chi connectivity index (χ2n) is 8.74. The van der Waals surface area contributed by atoms with E-state index in [1.807, 2.05) is 13.0 Å². The first kappa shape index (κ1) is 21.9. The van der Waals surface area contributed by atoms with Crippen LogP contribution in [0.15, 0.2) is 30.6 Å². The predicted molar refractivity (Wildman–Crippen MR) is 123 cm³/mol. The highest BCUT2D eigenvalue weighted by Crippen LogP contribution is 2.50. The lowest BCUT2D eigenvalue weighted by Gasteiger charge is -2.33. The number of aryl methyl sites for hydroxylation is 1. The van der Waals surface area contributed by atoms with Gasteiger partial charge >= 0.3 is 5.69 Å². The molecule has 34 heavy (non-hydrogen) atoms. The molecule has 1 spiro atoms. The van der Waals surface area contributed by atoms with Crippen molar-refractivity contribution in [3.05, 3.63) is 57.9 Å². The molecule has 0 unspecified atom stereocenters. The van der Waals surface area contributed by atoms with Crippen LogP contribution in [0.4, 0.5) is 33.3 Å². The van der Waals surface area contributed by atoms with E-state index in [0.29, 0.717) is 5.95 Å². The highest BCUT2D eigenvalue weighted by molar-refractivity contribution is 5.70. The van der Waals surface area contributed by atoms with Crippen LogP contribution in [0.2, 0.25) is 0 Å². The third kappa shape index (κ3) is 3.76. The van der Waals surface area contributed by atoms with E-state index in [0.717, 1.165) is 61.4 Å². The summed E-state index contributed by atoms with van der Waals surface area (Å²) in [5.41, 5.74) is 2.54. The monoisotopic (exact) mass is 465 g/mol. The van der Waals surface area contributed by atoms with Crippen LogP contribution in [0.25, 0.3) is 0 Å². The van der Waals surface area contributed by atoms with Crippen molar-refractivity contribution in [2.45, 2.75) is 44.4 Å². The number of halogens is 1. The second kappa shape index (κ2) is 8.47. The van der Waals surface area contributed by atoms with Gasteiger partial charge in [-0.2, -0.15) is 9.37 Å². The smallest absolute Gasteiger partial charge is 0.307 e. The lowest BCUT2D eigenvalue weighted by molar-refractivity contribution is -0.387. The summed E-state index contributed by atoms with van der Waals surface area (Å²) in [5.74, 6) is -0.284. The minimum absolute atomic E-state index is 0.0272. The van der Waals surface area contributed by atoms with Gasteiger partial charge in [0, 0.05) is 29.8 Å². The summed E-state index contributed by atoms with van der Waals surface area (Å²) in [6.45, 7) is 2.73. The molecule has 0 atom stereocenters. The summed E-state index contributed by atoms with van der Waals surface area (Å²) in [4.78, 5) is 30.5. The van der Waals surface area contributed by atoms with E-state index in [1.165, 1.54) is 19.9 Å². The molecule has 1 N–H and O–H groups in total. The van der Waals surface area contributed by atoms with Crippen LogP contribution < -0.4 is 15.0 Å². The average molecular weight is 465 g/mol. The summed E-state index contributed by atoms with van der Waals surface area (Å²) in [6.07, 6.45) is 7.07. The standard InChI is InChI=1S/C23H24FN7O3/c1-14-6-7-17-20(27-14)23(8-4-3-5-9-23)12-30(17)22-26-13-25-21(29-22)28-16-11-18(31(32)33)15(24)10-19(16)34-2/h6-7,10-11,13H,3-5,8-9,12H2,1-2H3,(H,25,26,28,29). The first-order chi connectivity index (χ1) is 16.4. The minimum atomic E-state index is -0.988. The fourth-order valence-corrected chi connectivity index (χ4v) is 4.97. The van der Waals surface area contributed by atoms with Gasteiger partial charge in [-0.05, 0) is 31.9 Å². The SMILES string of the molecule is COc1cc(F)c([N+](=O)[O-])cc1Nc1ncnc(N2CC3(CCCCC3)c3nc(C)ccc32)n1. The number of methoxy groups -OCH3 is 1. The van der Waals surface area contributed by atoms with E-state index in [2.05, 4.69) is 31.2 Å². The van der Waals surface area contributed by atoms with Gasteiger partial charge in [0.15, 0.2) is 0 Å². The van der Waals surface area contributed by atoms with E-state index in [1.54, 1.807) is 0 Å². The van der Waals surface area contributed by atoms with Crippen molar-refractivity contribution in [2.75, 3.05) is 23.9 Å². The minimum Gasteiger partial charge on any atom is -0.494 e. The van der Waals surface area contributed by atoms with Crippen LogP contribution in [0, 0.1) is 22.9 Å². The third-order valence-corrected chi connectivity index (χ3v) is 6.59. The zero-order valence-electron chi connectivity index (χ0n) is 18.9. The Labute approximate surface area is 195 Å². The van der Waals surface area contributed by atoms with E-state index >= 15 is 0 Å². The van der Waals surface area contributed by atoms with Crippen molar-refractivity contribution in [3.63, 3.8) is 0 Å². The van der Waals surface area contributed by atoms with Crippen molar-refractivity contribution >= 4 is 29.0 Å². The molecule has 11 heteroatoms. The molecule has 2 aromatic heterocycles. The molecule has 176 valence electrons. The molecule has 1 aliphatic heterocycles. The Hall–Kier alpha value is -3.89. The van der Waals surface area contributed by atoms with Crippen molar-refractivity contribution in [3.8, 4) is 5.75 Å². The summed E-state index contributed by atoms with van der Waals surface area (Å²) in [7, 11) is 1.35. The number of nitrogens with one attached hydrogen (secondary N) is 1. The highest BCUT2D eigenvalue weighted by Gasteiger charge is 2.46. The average Bonchev–Trinajstić information content (AvgIpc) is 3.13. The van der Waals surface area contributed by atoms with Crippen molar-refractivity contribution in [1.29, 1.82) is 0 Å². The summed E-state index contributed by atoms with van der Waals surface area (Å²) in [6, 6.07) is 6.06. The van der Waals surface area contributed by atoms with Gasteiger partial charge < -0.3 is 15.0 Å². The van der Waals surface area contributed by atoms with Gasteiger partial charge in [0.2, 0.25) is 17.7 Å². The number of hydrogen-bond acceptors (Lipinski definition) is 9. The van der Waals surface area contributed by atoms with Gasteiger partial charge in [-0.1, -0.05) is 19.3 Å². The van der Waals surface area contributed by atoms with Crippen LogP contribution >= 0.6 is 0 Å². The Bertz CT molecular complexity index is 1260. The molecule has 1 aliphatic carbocycles. The Morgan fingerprint density at radius 3 is 2.71 bits per heavy atom. The summed E-state index contributed by atoms with van der Waals surface area (Å²) >= 11 is 0. The first-order valence-corrected chi connectivity index (χ1v) is 11.1. The molecule has 0 radical (unpaired) electrons. The number of fused-ring (bicyclic) bond motifs is 2. The Balaban J connectivity index is 1.50. The number of nitrogens with zero attached hydrogens (tertiary/aromatic N) is 6. The predicted octanol–water partition coefficient (Wildman–Crippen LogP) is 4.73. The van der Waals surface area contributed by atoms with Gasteiger partial charge in [0.25, 0.3) is 0 Å². The zero-order chi connectivity index (χ0) is 23.9. The number of nitro groups is 1. The number of anilines is 4. The molecule has 2 aliphatic rings. The van der Waals surface area contributed by atoms with Crippen LogP contribution in [0.3, 0.4) is 0 Å². The Morgan fingerprint density at radius 2 is 1.97 bits per heavy atom. The fourth-order valence-electron chi connectivity index (χ4n) is 4.97. The topological polar surface area (TPSA) is 119 Å². The van der Waals surface area contributed by atoms with Crippen molar-refractivity contribution in [2.24, 2.45) is 0 Å². The van der Waals surface area contributed by atoms with Gasteiger partial charge in [-0.15, -0.1) is 0 Å². The fraction of sp³-hybridized carbons (Fsp3) is 0.391. The number of ether oxygens (including phenoxy) is 1. The molecule has 3 heterocycles. The summed E-state index contributed by atoms with van der Waals surface area (Å²) in [5, 5.41) is 14.1. The number of rotatable bonds is 5. The molecule has 5 rings (SSSR count). The molecular formula is C23H24FN7O3. The molecule has 1 fully saturated rings. The second-order valence-corrected chi connectivity index (χ2v) is 8.74. The molecule has 0 amide bonds. The number of pyridine rings is 1. The van der Waals surface area contributed by atoms with Gasteiger partial charge in [-0.3, -0.25) is 15.1 Å². The van der Waals surface area contributed by atoms with Crippen LogP contribution in [0.5, 0.6) is 5.75 Å². The van der Waals surface area contributed by atoms with E-state index < -0.39 is 16.4 Å². The van der Waals surface area contributed by atoms with Crippen LogP contribution in [-0.2, 0) is 5.41 Å². The zero-order valence-corrected chi connectivity index (χ0v) is 18.9. The quantitative estimate of drug-likeness (QED) is 0.421. The van der Waals surface area contributed by atoms with E-state index in [9.17, 15) is 14.5 Å². The maximum Gasteiger partial charge on any atom is 0.307 e. The molecule has 1 saturated carbocycles. The lowest BCUT2D eigenvalue weighted by Crippen LogP contribution is -2.34. The molecule has 0 bridgehead atoms. The van der Waals surface area contributed by atoms with Gasteiger partial charge in [0.1, 0.15) is 12.1 Å². The van der Waals surface area contributed by atoms with Gasteiger partial charge in [-0.25, -0.2) is 9.97 Å². The molecule has 3 aromatic rings. The first-order valence-electron chi connectivity index (χ1n) is 11.1.